The van der Waals surface area contributed by atoms with Crippen LogP contribution < -0.4 is 0 Å². The SMILES string of the molecule is CC(C)(C)[S+]([O-])/N=C(/C[C@H](CC(=O)O)C(F)(F)F)c1ccccc1. The first kappa shape index (κ1) is 20.5. The minimum absolute atomic E-state index is 0.00701. The molecule has 24 heavy (non-hydrogen) atoms. The molecule has 1 unspecified atom stereocenters. The molecule has 0 saturated carbocycles. The Morgan fingerprint density at radius 3 is 2.17 bits per heavy atom. The van der Waals surface area contributed by atoms with Crippen molar-refractivity contribution in [1.82, 2.24) is 0 Å². The molecule has 0 saturated heterocycles. The van der Waals surface area contributed by atoms with Crippen molar-refractivity contribution >= 4 is 23.0 Å². The molecule has 134 valence electrons. The number of nitrogens with zero attached hydrogens (tertiary/aromatic N) is 1. The second-order valence-electron chi connectivity index (χ2n) is 6.31. The number of hydrogen-bond donors (Lipinski definition) is 1. The number of hydrogen-bond acceptors (Lipinski definition) is 3. The third-order valence-electron chi connectivity index (χ3n) is 3.15. The van der Waals surface area contributed by atoms with E-state index in [4.69, 9.17) is 5.11 Å². The lowest BCUT2D eigenvalue weighted by Crippen LogP contribution is -2.30. The number of aliphatic carboxylic acids is 1. The van der Waals surface area contributed by atoms with Gasteiger partial charge in [-0.05, 0) is 20.8 Å². The van der Waals surface area contributed by atoms with Crippen LogP contribution in [0.5, 0.6) is 0 Å². The van der Waals surface area contributed by atoms with E-state index in [9.17, 15) is 22.5 Å². The first-order valence-corrected chi connectivity index (χ1v) is 8.35. The van der Waals surface area contributed by atoms with E-state index in [1.807, 2.05) is 0 Å². The summed E-state index contributed by atoms with van der Waals surface area (Å²) in [5.41, 5.74) is 0.391. The molecule has 1 aromatic rings. The highest BCUT2D eigenvalue weighted by atomic mass is 32.2. The Hall–Kier alpha value is -1.54. The van der Waals surface area contributed by atoms with Crippen molar-refractivity contribution in [1.29, 1.82) is 0 Å². The number of rotatable bonds is 6. The molecule has 0 spiro atoms. The molecule has 0 aliphatic rings. The van der Waals surface area contributed by atoms with E-state index in [1.165, 1.54) is 0 Å². The smallest absolute Gasteiger partial charge is 0.392 e. The predicted molar refractivity (Wildman–Crippen MR) is 87.3 cm³/mol. The summed E-state index contributed by atoms with van der Waals surface area (Å²) in [5.74, 6) is -3.63. The Balaban J connectivity index is 3.22. The van der Waals surface area contributed by atoms with Crippen LogP contribution in [0.1, 0.15) is 39.2 Å². The van der Waals surface area contributed by atoms with Gasteiger partial charge in [-0.15, -0.1) is 0 Å². The first-order chi connectivity index (χ1) is 10.9. The fraction of sp³-hybridized carbons (Fsp3) is 0.500. The summed E-state index contributed by atoms with van der Waals surface area (Å²) >= 11 is -1.75. The molecule has 8 heteroatoms. The molecule has 0 aliphatic heterocycles. The molecular weight excluding hydrogens is 343 g/mol. The van der Waals surface area contributed by atoms with Gasteiger partial charge >= 0.3 is 12.1 Å². The molecule has 4 nitrogen and oxygen atoms in total. The van der Waals surface area contributed by atoms with Gasteiger partial charge in [-0.25, -0.2) is 0 Å². The van der Waals surface area contributed by atoms with E-state index in [1.54, 1.807) is 51.1 Å². The number of carboxylic acids is 1. The molecule has 0 aromatic heterocycles. The van der Waals surface area contributed by atoms with Gasteiger partial charge in [0.1, 0.15) is 16.1 Å². The molecular formula is C16H20F3NO3S. The van der Waals surface area contributed by atoms with Crippen LogP contribution >= 0.6 is 0 Å². The molecule has 1 N–H and O–H groups in total. The van der Waals surface area contributed by atoms with E-state index < -0.39 is 47.0 Å². The van der Waals surface area contributed by atoms with Crippen molar-refractivity contribution in [3.63, 3.8) is 0 Å². The molecule has 0 amide bonds. The number of carboxylic acid groups (broad SMARTS) is 1. The van der Waals surface area contributed by atoms with E-state index in [0.29, 0.717) is 5.56 Å². The summed E-state index contributed by atoms with van der Waals surface area (Å²) in [6.45, 7) is 4.98. The number of benzene rings is 1. The fourth-order valence-corrected chi connectivity index (χ4v) is 2.48. The molecule has 2 atom stereocenters. The van der Waals surface area contributed by atoms with Crippen LogP contribution in [0.2, 0.25) is 0 Å². The molecule has 0 bridgehead atoms. The van der Waals surface area contributed by atoms with Gasteiger partial charge in [-0.2, -0.15) is 13.2 Å². The maximum Gasteiger partial charge on any atom is 0.392 e. The highest BCUT2D eigenvalue weighted by Crippen LogP contribution is 2.33. The Morgan fingerprint density at radius 1 is 1.21 bits per heavy atom. The Labute approximate surface area is 142 Å². The lowest BCUT2D eigenvalue weighted by atomic mass is 9.94. The van der Waals surface area contributed by atoms with Crippen molar-refractivity contribution in [3.05, 3.63) is 35.9 Å². The van der Waals surface area contributed by atoms with Crippen molar-refractivity contribution < 1.29 is 27.6 Å². The minimum atomic E-state index is -4.68. The highest BCUT2D eigenvalue weighted by molar-refractivity contribution is 7.91. The standard InChI is InChI=1S/C16H20F3NO3S/c1-15(2,3)24(23)20-13(11-7-5-4-6-8-11)9-12(10-14(21)22)16(17,18)19/h4-8,12H,9-10H2,1-3H3,(H,21,22)/b20-13-/t12-,24?/m1/s1. The second kappa shape index (κ2) is 8.02. The zero-order valence-electron chi connectivity index (χ0n) is 13.6. The maximum atomic E-state index is 13.1. The van der Waals surface area contributed by atoms with E-state index in [2.05, 4.69) is 4.40 Å². The van der Waals surface area contributed by atoms with Crippen molar-refractivity contribution in [2.24, 2.45) is 10.3 Å². The van der Waals surface area contributed by atoms with Gasteiger partial charge in [-0.1, -0.05) is 34.7 Å². The summed E-state index contributed by atoms with van der Waals surface area (Å²) < 4.78 is 54.9. The number of carbonyl (C=O) groups is 1. The molecule has 1 rings (SSSR count). The van der Waals surface area contributed by atoms with E-state index >= 15 is 0 Å². The lowest BCUT2D eigenvalue weighted by Gasteiger charge is -2.22. The quantitative estimate of drug-likeness (QED) is 0.614. The van der Waals surface area contributed by atoms with Crippen LogP contribution in [-0.2, 0) is 16.2 Å². The average Bonchev–Trinajstić information content (AvgIpc) is 2.44. The molecule has 0 heterocycles. The molecule has 0 radical (unpaired) electrons. The Bertz CT molecular complexity index is 582. The summed E-state index contributed by atoms with van der Waals surface area (Å²) in [6.07, 6.45) is -6.38. The van der Waals surface area contributed by atoms with Crippen LogP contribution in [0, 0.1) is 5.92 Å². The van der Waals surface area contributed by atoms with Crippen LogP contribution in [0.25, 0.3) is 0 Å². The summed E-state index contributed by atoms with van der Waals surface area (Å²) in [4.78, 5) is 10.8. The normalized spacial score (nSPS) is 15.9. The molecule has 0 fully saturated rings. The first-order valence-electron chi connectivity index (χ1n) is 7.24. The summed E-state index contributed by atoms with van der Waals surface area (Å²) in [7, 11) is 0. The van der Waals surface area contributed by atoms with Crippen molar-refractivity contribution in [2.45, 2.75) is 44.5 Å². The maximum absolute atomic E-state index is 13.1. The number of alkyl halides is 3. The van der Waals surface area contributed by atoms with Crippen LogP contribution in [0.3, 0.4) is 0 Å². The topological polar surface area (TPSA) is 72.7 Å². The zero-order valence-corrected chi connectivity index (χ0v) is 14.4. The molecule has 0 aliphatic carbocycles. The zero-order chi connectivity index (χ0) is 18.5. The van der Waals surface area contributed by atoms with E-state index in [-0.39, 0.29) is 5.71 Å². The largest absolute Gasteiger partial charge is 0.591 e. The minimum Gasteiger partial charge on any atom is -0.591 e. The van der Waals surface area contributed by atoms with Gasteiger partial charge < -0.3 is 9.66 Å². The average molecular weight is 363 g/mol. The Morgan fingerprint density at radius 2 is 1.75 bits per heavy atom. The second-order valence-corrected chi connectivity index (χ2v) is 8.21. The molecule has 1 aromatic carbocycles. The highest BCUT2D eigenvalue weighted by Gasteiger charge is 2.42. The number of halogens is 3. The summed E-state index contributed by atoms with van der Waals surface area (Å²) in [5, 5.41) is 8.74. The van der Waals surface area contributed by atoms with Crippen LogP contribution in [0.15, 0.2) is 34.7 Å². The van der Waals surface area contributed by atoms with Gasteiger partial charge in [-0.3, -0.25) is 4.79 Å². The lowest BCUT2D eigenvalue weighted by molar-refractivity contribution is -0.181. The predicted octanol–water partition coefficient (Wildman–Crippen LogP) is 3.98. The third kappa shape index (κ3) is 6.52. The van der Waals surface area contributed by atoms with Gasteiger partial charge in [0.05, 0.1) is 18.1 Å². The van der Waals surface area contributed by atoms with Gasteiger partial charge in [0, 0.05) is 12.0 Å². The Kier molecular flexibility index (Phi) is 6.86. The van der Waals surface area contributed by atoms with Crippen molar-refractivity contribution in [3.8, 4) is 0 Å². The van der Waals surface area contributed by atoms with Gasteiger partial charge in [0.15, 0.2) is 0 Å². The monoisotopic (exact) mass is 363 g/mol. The third-order valence-corrected chi connectivity index (χ3v) is 4.58. The van der Waals surface area contributed by atoms with Gasteiger partial charge in [0.2, 0.25) is 0 Å². The van der Waals surface area contributed by atoms with E-state index in [0.717, 1.165) is 0 Å². The summed E-state index contributed by atoms with van der Waals surface area (Å²) in [6, 6.07) is 8.08. The van der Waals surface area contributed by atoms with Crippen LogP contribution in [0.4, 0.5) is 13.2 Å². The van der Waals surface area contributed by atoms with Crippen LogP contribution in [-0.4, -0.2) is 32.3 Å². The van der Waals surface area contributed by atoms with Gasteiger partial charge in [0.25, 0.3) is 0 Å². The fourth-order valence-electron chi connectivity index (χ4n) is 1.82. The van der Waals surface area contributed by atoms with Crippen molar-refractivity contribution in [2.75, 3.05) is 0 Å².